The van der Waals surface area contributed by atoms with Crippen molar-refractivity contribution in [3.63, 3.8) is 0 Å². The fourth-order valence-electron chi connectivity index (χ4n) is 3.03. The number of carbonyl (C=O) groups excluding carboxylic acids is 2. The first-order valence-electron chi connectivity index (χ1n) is 9.18. The number of methoxy groups -OCH3 is 1. The lowest BCUT2D eigenvalue weighted by Gasteiger charge is -2.18. The summed E-state index contributed by atoms with van der Waals surface area (Å²) in [5.74, 6) is 0.0761. The van der Waals surface area contributed by atoms with Gasteiger partial charge >= 0.3 is 0 Å². The topological polar surface area (TPSA) is 105 Å². The Morgan fingerprint density at radius 1 is 1.17 bits per heavy atom. The fraction of sp³-hybridized carbons (Fsp3) is 0.300. The Kier molecular flexibility index (Phi) is 6.19. The van der Waals surface area contributed by atoms with Crippen LogP contribution in [-0.2, 0) is 19.6 Å². The van der Waals surface area contributed by atoms with Crippen molar-refractivity contribution in [2.45, 2.75) is 30.7 Å². The Hall–Kier alpha value is -2.91. The number of nitrogens with one attached hydrogen (secondary N) is 2. The molecular weight excluding hydrogens is 394 g/mol. The number of amides is 2. The predicted octanol–water partition coefficient (Wildman–Crippen LogP) is 2.13. The molecule has 0 aromatic heterocycles. The maximum Gasteiger partial charge on any atom is 0.242 e. The van der Waals surface area contributed by atoms with Crippen molar-refractivity contribution in [3.05, 3.63) is 48.5 Å². The molecule has 9 heteroatoms. The molecule has 154 valence electrons. The van der Waals surface area contributed by atoms with E-state index in [1.54, 1.807) is 29.2 Å². The highest BCUT2D eigenvalue weighted by Gasteiger charge is 2.24. The van der Waals surface area contributed by atoms with E-state index in [2.05, 4.69) is 10.0 Å². The van der Waals surface area contributed by atoms with Crippen LogP contribution in [0.5, 0.6) is 5.75 Å². The molecule has 0 aliphatic carbocycles. The summed E-state index contributed by atoms with van der Waals surface area (Å²) in [6.45, 7) is 2.11. The molecule has 2 N–H and O–H groups in total. The zero-order valence-corrected chi connectivity index (χ0v) is 17.0. The van der Waals surface area contributed by atoms with E-state index >= 15 is 0 Å². The molecule has 0 radical (unpaired) electrons. The molecule has 1 heterocycles. The van der Waals surface area contributed by atoms with Gasteiger partial charge in [0.15, 0.2) is 0 Å². The molecule has 0 saturated carbocycles. The molecule has 29 heavy (non-hydrogen) atoms. The van der Waals surface area contributed by atoms with Crippen LogP contribution in [0, 0.1) is 0 Å². The Morgan fingerprint density at radius 3 is 2.52 bits per heavy atom. The molecule has 2 aromatic rings. The summed E-state index contributed by atoms with van der Waals surface area (Å²) < 4.78 is 32.4. The standard InChI is InChI=1S/C20H23N3O5S/c1-14(22-29(26,27)18-10-8-17(28-2)9-11-18)20(25)21-15-5-3-6-16(13-15)23-12-4-7-19(23)24/h3,5-6,8-11,13-14,22H,4,7,12H2,1-2H3,(H,21,25)/t14-/m0/s1. The maximum atomic E-state index is 12.5. The first-order valence-corrected chi connectivity index (χ1v) is 10.7. The van der Waals surface area contributed by atoms with Crippen molar-refractivity contribution in [3.8, 4) is 5.75 Å². The van der Waals surface area contributed by atoms with E-state index in [1.165, 1.54) is 38.3 Å². The average molecular weight is 417 g/mol. The first-order chi connectivity index (χ1) is 13.8. The molecule has 2 aromatic carbocycles. The van der Waals surface area contributed by atoms with Crippen molar-refractivity contribution >= 4 is 33.2 Å². The first kappa shape index (κ1) is 20.8. The molecule has 1 aliphatic heterocycles. The molecule has 0 bridgehead atoms. The lowest BCUT2D eigenvalue weighted by atomic mass is 10.2. The van der Waals surface area contributed by atoms with Gasteiger partial charge < -0.3 is 15.0 Å². The summed E-state index contributed by atoms with van der Waals surface area (Å²) in [6.07, 6.45) is 1.32. The molecule has 2 amide bonds. The van der Waals surface area contributed by atoms with E-state index in [0.29, 0.717) is 30.1 Å². The van der Waals surface area contributed by atoms with Gasteiger partial charge in [0.25, 0.3) is 0 Å². The minimum Gasteiger partial charge on any atom is -0.497 e. The van der Waals surface area contributed by atoms with Crippen molar-refractivity contribution in [1.29, 1.82) is 0 Å². The molecule has 1 atom stereocenters. The fourth-order valence-corrected chi connectivity index (χ4v) is 4.24. The highest BCUT2D eigenvalue weighted by molar-refractivity contribution is 7.89. The van der Waals surface area contributed by atoms with Gasteiger partial charge in [-0.05, 0) is 55.8 Å². The number of sulfonamides is 1. The van der Waals surface area contributed by atoms with Gasteiger partial charge in [0.1, 0.15) is 5.75 Å². The lowest BCUT2D eigenvalue weighted by molar-refractivity contribution is -0.117. The maximum absolute atomic E-state index is 12.5. The number of benzene rings is 2. The second-order valence-corrected chi connectivity index (χ2v) is 8.42. The number of nitrogens with zero attached hydrogens (tertiary/aromatic N) is 1. The van der Waals surface area contributed by atoms with Gasteiger partial charge in [0.2, 0.25) is 21.8 Å². The summed E-state index contributed by atoms with van der Waals surface area (Å²) in [4.78, 5) is 26.1. The van der Waals surface area contributed by atoms with Gasteiger partial charge in [-0.3, -0.25) is 9.59 Å². The van der Waals surface area contributed by atoms with Crippen LogP contribution >= 0.6 is 0 Å². The minimum atomic E-state index is -3.87. The van der Waals surface area contributed by atoms with Crippen molar-refractivity contribution in [2.75, 3.05) is 23.9 Å². The molecule has 0 spiro atoms. The van der Waals surface area contributed by atoms with Gasteiger partial charge in [-0.25, -0.2) is 8.42 Å². The average Bonchev–Trinajstić information content (AvgIpc) is 3.14. The summed E-state index contributed by atoms with van der Waals surface area (Å²) in [6, 6.07) is 11.8. The third-order valence-corrected chi connectivity index (χ3v) is 6.15. The molecule has 3 rings (SSSR count). The third-order valence-electron chi connectivity index (χ3n) is 4.59. The number of hydrogen-bond donors (Lipinski definition) is 2. The van der Waals surface area contributed by atoms with Crippen molar-refractivity contribution < 1.29 is 22.7 Å². The van der Waals surface area contributed by atoms with Crippen LogP contribution in [-0.4, -0.2) is 39.9 Å². The van der Waals surface area contributed by atoms with Crippen LogP contribution in [0.1, 0.15) is 19.8 Å². The van der Waals surface area contributed by atoms with Crippen LogP contribution in [0.4, 0.5) is 11.4 Å². The number of anilines is 2. The largest absolute Gasteiger partial charge is 0.497 e. The number of ether oxygens (including phenoxy) is 1. The van der Waals surface area contributed by atoms with Crippen LogP contribution in [0.25, 0.3) is 0 Å². The van der Waals surface area contributed by atoms with E-state index in [1.807, 2.05) is 0 Å². The van der Waals surface area contributed by atoms with E-state index in [0.717, 1.165) is 6.42 Å². The number of hydrogen-bond acceptors (Lipinski definition) is 5. The Bertz CT molecular complexity index is 1010. The summed E-state index contributed by atoms with van der Waals surface area (Å²) in [7, 11) is -2.38. The van der Waals surface area contributed by atoms with E-state index in [4.69, 9.17) is 4.74 Å². The highest BCUT2D eigenvalue weighted by Crippen LogP contribution is 2.24. The summed E-state index contributed by atoms with van der Waals surface area (Å²) in [5, 5.41) is 2.69. The normalized spacial score (nSPS) is 15.2. The van der Waals surface area contributed by atoms with Crippen LogP contribution in [0.15, 0.2) is 53.4 Å². The highest BCUT2D eigenvalue weighted by atomic mass is 32.2. The molecular formula is C20H23N3O5S. The predicted molar refractivity (Wildman–Crippen MR) is 109 cm³/mol. The Morgan fingerprint density at radius 2 is 1.90 bits per heavy atom. The SMILES string of the molecule is COc1ccc(S(=O)(=O)N[C@@H](C)C(=O)Nc2cccc(N3CCCC3=O)c2)cc1. The Labute approximate surface area is 169 Å². The zero-order chi connectivity index (χ0) is 21.0. The summed E-state index contributed by atoms with van der Waals surface area (Å²) >= 11 is 0. The van der Waals surface area contributed by atoms with Crippen molar-refractivity contribution in [1.82, 2.24) is 4.72 Å². The second-order valence-electron chi connectivity index (χ2n) is 6.71. The number of rotatable bonds is 7. The monoisotopic (exact) mass is 417 g/mol. The summed E-state index contributed by atoms with van der Waals surface area (Å²) in [5.41, 5.74) is 1.19. The molecule has 8 nitrogen and oxygen atoms in total. The van der Waals surface area contributed by atoms with Crippen LogP contribution in [0.3, 0.4) is 0 Å². The molecule has 0 unspecified atom stereocenters. The zero-order valence-electron chi connectivity index (χ0n) is 16.2. The van der Waals surface area contributed by atoms with Gasteiger partial charge in [0, 0.05) is 24.3 Å². The quantitative estimate of drug-likeness (QED) is 0.718. The van der Waals surface area contributed by atoms with Gasteiger partial charge in [-0.1, -0.05) is 6.07 Å². The van der Waals surface area contributed by atoms with E-state index in [9.17, 15) is 18.0 Å². The van der Waals surface area contributed by atoms with Crippen LogP contribution in [0.2, 0.25) is 0 Å². The van der Waals surface area contributed by atoms with Gasteiger partial charge in [-0.2, -0.15) is 4.72 Å². The molecule has 1 saturated heterocycles. The van der Waals surface area contributed by atoms with Gasteiger partial charge in [-0.15, -0.1) is 0 Å². The lowest BCUT2D eigenvalue weighted by Crippen LogP contribution is -2.41. The van der Waals surface area contributed by atoms with Gasteiger partial charge in [0.05, 0.1) is 18.0 Å². The third kappa shape index (κ3) is 4.93. The van der Waals surface area contributed by atoms with Crippen LogP contribution < -0.4 is 19.7 Å². The van der Waals surface area contributed by atoms with E-state index < -0.39 is 22.0 Å². The Balaban J connectivity index is 1.66. The molecule has 1 aliphatic rings. The van der Waals surface area contributed by atoms with Crippen molar-refractivity contribution in [2.24, 2.45) is 0 Å². The molecule has 1 fully saturated rings. The minimum absolute atomic E-state index is 0.0347. The number of carbonyl (C=O) groups is 2. The smallest absolute Gasteiger partial charge is 0.242 e. The second kappa shape index (κ2) is 8.62. The van der Waals surface area contributed by atoms with E-state index in [-0.39, 0.29) is 10.8 Å².